The summed E-state index contributed by atoms with van der Waals surface area (Å²) in [5, 5.41) is 3.93. The Balaban J connectivity index is 2.34. The molecule has 0 aromatic heterocycles. The van der Waals surface area contributed by atoms with Gasteiger partial charge in [-0.1, -0.05) is 41.4 Å². The van der Waals surface area contributed by atoms with Crippen molar-refractivity contribution in [3.05, 3.63) is 58.1 Å². The molecule has 0 fully saturated rings. The molecular formula is C15H14Cl2N2O2. The van der Waals surface area contributed by atoms with Gasteiger partial charge in [-0.15, -0.1) is 0 Å². The fraction of sp³-hybridized carbons (Fsp3) is 0.133. The summed E-state index contributed by atoms with van der Waals surface area (Å²) < 4.78 is 5.09. The van der Waals surface area contributed by atoms with Gasteiger partial charge in [0.15, 0.2) is 0 Å². The second-order valence-electron chi connectivity index (χ2n) is 4.35. The minimum Gasteiger partial charge on any atom is -0.495 e. The van der Waals surface area contributed by atoms with E-state index in [1.807, 2.05) is 6.07 Å². The highest BCUT2D eigenvalue weighted by Gasteiger charge is 2.19. The number of hydrogen-bond acceptors (Lipinski definition) is 3. The van der Waals surface area contributed by atoms with E-state index in [-0.39, 0.29) is 0 Å². The molecule has 1 unspecified atom stereocenters. The Kier molecular flexibility index (Phi) is 4.94. The monoisotopic (exact) mass is 324 g/mol. The van der Waals surface area contributed by atoms with Gasteiger partial charge < -0.3 is 15.8 Å². The molecule has 110 valence electrons. The highest BCUT2D eigenvalue weighted by molar-refractivity contribution is 6.33. The first-order valence-corrected chi connectivity index (χ1v) is 6.92. The molecule has 4 nitrogen and oxygen atoms in total. The molecule has 3 N–H and O–H groups in total. The Bertz CT molecular complexity index is 662. The Hall–Kier alpha value is -1.91. The molecule has 0 saturated heterocycles. The van der Waals surface area contributed by atoms with Crippen molar-refractivity contribution in [1.29, 1.82) is 0 Å². The van der Waals surface area contributed by atoms with Gasteiger partial charge in [-0.3, -0.25) is 4.79 Å². The lowest BCUT2D eigenvalue weighted by Gasteiger charge is -2.18. The van der Waals surface area contributed by atoms with Crippen molar-refractivity contribution in [3.8, 4) is 5.75 Å². The minimum absolute atomic E-state index is 0.405. The van der Waals surface area contributed by atoms with Crippen LogP contribution in [-0.4, -0.2) is 13.0 Å². The van der Waals surface area contributed by atoms with E-state index in [1.165, 1.54) is 7.11 Å². The van der Waals surface area contributed by atoms with Crippen molar-refractivity contribution >= 4 is 34.8 Å². The highest BCUT2D eigenvalue weighted by Crippen LogP contribution is 2.30. The molecule has 2 rings (SSSR count). The molecule has 1 atom stereocenters. The molecule has 0 spiro atoms. The van der Waals surface area contributed by atoms with Gasteiger partial charge in [-0.2, -0.15) is 0 Å². The number of rotatable bonds is 5. The van der Waals surface area contributed by atoms with Crippen LogP contribution < -0.4 is 15.8 Å². The van der Waals surface area contributed by atoms with Crippen LogP contribution in [-0.2, 0) is 4.79 Å². The first kappa shape index (κ1) is 15.5. The third-order valence-electron chi connectivity index (χ3n) is 2.97. The number of primary amides is 1. The summed E-state index contributed by atoms with van der Waals surface area (Å²) in [7, 11) is 1.52. The van der Waals surface area contributed by atoms with E-state index >= 15 is 0 Å². The van der Waals surface area contributed by atoms with Crippen molar-refractivity contribution in [3.63, 3.8) is 0 Å². The first-order valence-electron chi connectivity index (χ1n) is 6.16. The second-order valence-corrected chi connectivity index (χ2v) is 5.17. The molecule has 0 saturated carbocycles. The van der Waals surface area contributed by atoms with Gasteiger partial charge in [0.1, 0.15) is 11.8 Å². The third-order valence-corrected chi connectivity index (χ3v) is 3.59. The van der Waals surface area contributed by atoms with Crippen LogP contribution in [0.5, 0.6) is 5.75 Å². The van der Waals surface area contributed by atoms with Crippen molar-refractivity contribution in [2.45, 2.75) is 6.04 Å². The maximum Gasteiger partial charge on any atom is 0.244 e. The summed E-state index contributed by atoms with van der Waals surface area (Å²) in [6.07, 6.45) is 0. The Morgan fingerprint density at radius 1 is 1.19 bits per heavy atom. The lowest BCUT2D eigenvalue weighted by molar-refractivity contribution is -0.118. The quantitative estimate of drug-likeness (QED) is 0.882. The number of nitrogens with one attached hydrogen (secondary N) is 1. The largest absolute Gasteiger partial charge is 0.495 e. The van der Waals surface area contributed by atoms with Crippen molar-refractivity contribution in [1.82, 2.24) is 0 Å². The van der Waals surface area contributed by atoms with Crippen LogP contribution in [0.1, 0.15) is 11.6 Å². The maximum absolute atomic E-state index is 11.7. The van der Waals surface area contributed by atoms with Crippen LogP contribution in [0.3, 0.4) is 0 Å². The molecule has 0 aliphatic rings. The average Bonchev–Trinajstić information content (AvgIpc) is 2.46. The lowest BCUT2D eigenvalue weighted by atomic mass is 10.1. The molecule has 2 aromatic rings. The topological polar surface area (TPSA) is 64.3 Å². The molecule has 0 radical (unpaired) electrons. The van der Waals surface area contributed by atoms with Crippen LogP contribution >= 0.6 is 23.2 Å². The predicted molar refractivity (Wildman–Crippen MR) is 85.0 cm³/mol. The number of nitrogens with two attached hydrogens (primary N) is 1. The Morgan fingerprint density at radius 3 is 2.48 bits per heavy atom. The number of carbonyl (C=O) groups excluding carboxylic acids is 1. The first-order chi connectivity index (χ1) is 10.0. The molecule has 0 bridgehead atoms. The fourth-order valence-electron chi connectivity index (χ4n) is 1.91. The van der Waals surface area contributed by atoms with Gasteiger partial charge in [0, 0.05) is 0 Å². The number of methoxy groups -OCH3 is 1. The second kappa shape index (κ2) is 6.70. The number of hydrogen-bond donors (Lipinski definition) is 2. The van der Waals surface area contributed by atoms with E-state index in [4.69, 9.17) is 33.7 Å². The van der Waals surface area contributed by atoms with E-state index in [1.54, 1.807) is 36.4 Å². The summed E-state index contributed by atoms with van der Waals surface area (Å²) in [6, 6.07) is 11.4. The maximum atomic E-state index is 11.7. The zero-order valence-corrected chi connectivity index (χ0v) is 12.8. The number of halogens is 2. The zero-order chi connectivity index (χ0) is 15.4. The molecule has 1 amide bonds. The number of anilines is 1. The number of amides is 1. The summed E-state index contributed by atoms with van der Waals surface area (Å²) in [5.74, 6) is -0.00228. The lowest BCUT2D eigenvalue weighted by Crippen LogP contribution is -2.27. The molecular weight excluding hydrogens is 311 g/mol. The van der Waals surface area contributed by atoms with E-state index in [0.717, 1.165) is 0 Å². The Labute approximate surface area is 132 Å². The minimum atomic E-state index is -0.742. The van der Waals surface area contributed by atoms with E-state index < -0.39 is 11.9 Å². The van der Waals surface area contributed by atoms with Gasteiger partial charge in [0.2, 0.25) is 5.91 Å². The zero-order valence-electron chi connectivity index (χ0n) is 11.3. The van der Waals surface area contributed by atoms with Gasteiger partial charge in [-0.25, -0.2) is 0 Å². The number of benzene rings is 2. The molecule has 0 heterocycles. The van der Waals surface area contributed by atoms with Crippen molar-refractivity contribution in [2.75, 3.05) is 12.4 Å². The van der Waals surface area contributed by atoms with E-state index in [0.29, 0.717) is 27.0 Å². The van der Waals surface area contributed by atoms with Gasteiger partial charge in [0.25, 0.3) is 0 Å². The predicted octanol–water partition coefficient (Wildman–Crippen LogP) is 3.64. The van der Waals surface area contributed by atoms with Crippen LogP contribution in [0.25, 0.3) is 0 Å². The summed E-state index contributed by atoms with van der Waals surface area (Å²) >= 11 is 12.2. The molecule has 21 heavy (non-hydrogen) atoms. The number of ether oxygens (including phenoxy) is 1. The van der Waals surface area contributed by atoms with Crippen LogP contribution in [0, 0.1) is 0 Å². The third kappa shape index (κ3) is 3.60. The molecule has 2 aromatic carbocycles. The summed E-state index contributed by atoms with van der Waals surface area (Å²) in [4.78, 5) is 11.7. The van der Waals surface area contributed by atoms with Crippen LogP contribution in [0.15, 0.2) is 42.5 Å². The van der Waals surface area contributed by atoms with Crippen molar-refractivity contribution < 1.29 is 9.53 Å². The molecule has 0 aliphatic carbocycles. The fourth-order valence-corrected chi connectivity index (χ4v) is 2.37. The number of carbonyl (C=O) groups is 1. The average molecular weight is 325 g/mol. The molecule has 0 aliphatic heterocycles. The van der Waals surface area contributed by atoms with Gasteiger partial charge in [-0.05, 0) is 29.8 Å². The van der Waals surface area contributed by atoms with Gasteiger partial charge >= 0.3 is 0 Å². The highest BCUT2D eigenvalue weighted by atomic mass is 35.5. The summed E-state index contributed by atoms with van der Waals surface area (Å²) in [6.45, 7) is 0. The summed E-state index contributed by atoms with van der Waals surface area (Å²) in [5.41, 5.74) is 6.72. The molecule has 6 heteroatoms. The van der Waals surface area contributed by atoms with Crippen LogP contribution in [0.4, 0.5) is 5.69 Å². The van der Waals surface area contributed by atoms with Crippen molar-refractivity contribution in [2.24, 2.45) is 5.73 Å². The smallest absolute Gasteiger partial charge is 0.244 e. The van der Waals surface area contributed by atoms with E-state index in [9.17, 15) is 4.79 Å². The van der Waals surface area contributed by atoms with Gasteiger partial charge in [0.05, 0.1) is 22.8 Å². The Morgan fingerprint density at radius 2 is 1.90 bits per heavy atom. The van der Waals surface area contributed by atoms with E-state index in [2.05, 4.69) is 5.32 Å². The number of para-hydroxylation sites is 1. The standard InChI is InChI=1S/C15H14Cl2N2O2/c1-21-13-7-6-9(8-11(13)17)14(15(18)20)19-12-5-3-2-4-10(12)16/h2-8,14,19H,1H3,(H2,18,20). The SMILES string of the molecule is COc1ccc(C(Nc2ccccc2Cl)C(N)=O)cc1Cl. The normalized spacial score (nSPS) is 11.8. The van der Waals surface area contributed by atoms with Crippen LogP contribution in [0.2, 0.25) is 10.0 Å².